The summed E-state index contributed by atoms with van der Waals surface area (Å²) in [6.07, 6.45) is 7.17. The van der Waals surface area contributed by atoms with Gasteiger partial charge in [0.15, 0.2) is 5.82 Å². The van der Waals surface area contributed by atoms with Crippen molar-refractivity contribution in [1.82, 2.24) is 19.9 Å². The molecule has 5 nitrogen and oxygen atoms in total. The van der Waals surface area contributed by atoms with E-state index in [2.05, 4.69) is 20.3 Å². The molecule has 6 heteroatoms. The Morgan fingerprint density at radius 3 is 3.00 bits per heavy atom. The first-order chi connectivity index (χ1) is 7.81. The first kappa shape index (κ1) is 10.8. The van der Waals surface area contributed by atoms with E-state index < -0.39 is 0 Å². The first-order valence-corrected chi connectivity index (χ1v) is 5.94. The van der Waals surface area contributed by atoms with Gasteiger partial charge in [0.05, 0.1) is 6.21 Å². The minimum Gasteiger partial charge on any atom is -0.264 e. The second-order valence-electron chi connectivity index (χ2n) is 3.08. The van der Waals surface area contributed by atoms with Crippen molar-refractivity contribution in [2.45, 2.75) is 12.1 Å². The van der Waals surface area contributed by atoms with Crippen molar-refractivity contribution < 1.29 is 0 Å². The van der Waals surface area contributed by atoms with Gasteiger partial charge in [-0.1, -0.05) is 17.8 Å². The molecular weight excluding hydrogens is 222 g/mol. The van der Waals surface area contributed by atoms with Crippen LogP contribution < -0.4 is 0 Å². The number of pyridine rings is 1. The summed E-state index contributed by atoms with van der Waals surface area (Å²) >= 11 is 1.51. The summed E-state index contributed by atoms with van der Waals surface area (Å²) in [4.78, 5) is 4.01. The van der Waals surface area contributed by atoms with Crippen molar-refractivity contribution in [2.24, 2.45) is 5.10 Å². The van der Waals surface area contributed by atoms with Crippen molar-refractivity contribution >= 4 is 18.0 Å². The van der Waals surface area contributed by atoms with E-state index >= 15 is 0 Å². The van der Waals surface area contributed by atoms with Crippen molar-refractivity contribution in [3.05, 3.63) is 35.9 Å². The van der Waals surface area contributed by atoms with Crippen LogP contribution in [-0.4, -0.2) is 32.3 Å². The van der Waals surface area contributed by atoms with Crippen LogP contribution in [0.1, 0.15) is 11.4 Å². The molecule has 0 N–H and O–H groups in total. The summed E-state index contributed by atoms with van der Waals surface area (Å²) in [6, 6.07) is 3.81. The Morgan fingerprint density at radius 2 is 2.31 bits per heavy atom. The van der Waals surface area contributed by atoms with Crippen molar-refractivity contribution in [3.8, 4) is 0 Å². The molecule has 0 bridgehead atoms. The molecule has 16 heavy (non-hydrogen) atoms. The highest BCUT2D eigenvalue weighted by atomic mass is 32.2. The smallest absolute Gasteiger partial charge is 0.211 e. The standard InChI is InChI=1S/C10H11N5S/c1-8-13-14-10(16-2)15(8)12-7-9-4-3-5-11-6-9/h3-7H,1-2H3/b12-7-. The van der Waals surface area contributed by atoms with Gasteiger partial charge in [-0.3, -0.25) is 4.98 Å². The zero-order chi connectivity index (χ0) is 11.4. The van der Waals surface area contributed by atoms with Gasteiger partial charge in [-0.15, -0.1) is 10.2 Å². The molecule has 82 valence electrons. The highest BCUT2D eigenvalue weighted by Gasteiger charge is 2.04. The quantitative estimate of drug-likeness (QED) is 0.596. The molecule has 0 fully saturated rings. The third-order valence-electron chi connectivity index (χ3n) is 1.96. The van der Waals surface area contributed by atoms with Gasteiger partial charge in [0.1, 0.15) is 0 Å². The van der Waals surface area contributed by atoms with Crippen molar-refractivity contribution in [3.63, 3.8) is 0 Å². The molecule has 0 aliphatic rings. The molecule has 0 spiro atoms. The maximum absolute atomic E-state index is 4.31. The molecule has 2 aromatic heterocycles. The predicted octanol–water partition coefficient (Wildman–Crippen LogP) is 1.59. The van der Waals surface area contributed by atoms with E-state index in [9.17, 15) is 0 Å². The van der Waals surface area contributed by atoms with E-state index in [0.29, 0.717) is 0 Å². The predicted molar refractivity (Wildman–Crippen MR) is 63.8 cm³/mol. The minimum atomic E-state index is 0.768. The monoisotopic (exact) mass is 233 g/mol. The lowest BCUT2D eigenvalue weighted by Crippen LogP contribution is -1.95. The Hall–Kier alpha value is -1.69. The third-order valence-corrected chi connectivity index (χ3v) is 2.58. The number of aromatic nitrogens is 4. The van der Waals surface area contributed by atoms with Crippen LogP contribution in [0, 0.1) is 6.92 Å². The fourth-order valence-electron chi connectivity index (χ4n) is 1.18. The lowest BCUT2D eigenvalue weighted by molar-refractivity contribution is 0.745. The number of thioether (sulfide) groups is 1. The minimum absolute atomic E-state index is 0.768. The molecule has 0 aromatic carbocycles. The molecular formula is C10H11N5S. The van der Waals surface area contributed by atoms with Gasteiger partial charge in [0.2, 0.25) is 5.16 Å². The molecule has 2 heterocycles. The molecule has 0 saturated heterocycles. The number of rotatable bonds is 3. The van der Waals surface area contributed by atoms with E-state index in [1.807, 2.05) is 25.3 Å². The van der Waals surface area contributed by atoms with Gasteiger partial charge in [-0.2, -0.15) is 9.78 Å². The van der Waals surface area contributed by atoms with Crippen LogP contribution in [0.2, 0.25) is 0 Å². The average molecular weight is 233 g/mol. The van der Waals surface area contributed by atoms with E-state index in [0.717, 1.165) is 16.5 Å². The van der Waals surface area contributed by atoms with Crippen molar-refractivity contribution in [2.75, 3.05) is 6.26 Å². The van der Waals surface area contributed by atoms with Crippen LogP contribution in [0.15, 0.2) is 34.8 Å². The van der Waals surface area contributed by atoms with Crippen LogP contribution in [0.5, 0.6) is 0 Å². The van der Waals surface area contributed by atoms with E-state index in [1.54, 1.807) is 23.3 Å². The van der Waals surface area contributed by atoms with Gasteiger partial charge in [-0.05, 0) is 19.2 Å². The molecule has 2 rings (SSSR count). The second kappa shape index (κ2) is 4.89. The largest absolute Gasteiger partial charge is 0.264 e. The molecule has 0 aliphatic heterocycles. The maximum atomic E-state index is 4.31. The number of hydrogen-bond donors (Lipinski definition) is 0. The molecule has 0 amide bonds. The highest BCUT2D eigenvalue weighted by Crippen LogP contribution is 2.12. The Balaban J connectivity index is 2.27. The summed E-state index contributed by atoms with van der Waals surface area (Å²) in [6.45, 7) is 1.87. The third kappa shape index (κ3) is 2.27. The number of aryl methyl sites for hydroxylation is 1. The summed E-state index contributed by atoms with van der Waals surface area (Å²) in [5.41, 5.74) is 0.947. The zero-order valence-electron chi connectivity index (χ0n) is 9.03. The lowest BCUT2D eigenvalue weighted by Gasteiger charge is -1.98. The Labute approximate surface area is 97.6 Å². The van der Waals surface area contributed by atoms with Gasteiger partial charge < -0.3 is 0 Å². The van der Waals surface area contributed by atoms with Crippen LogP contribution in [0.4, 0.5) is 0 Å². The topological polar surface area (TPSA) is 56.0 Å². The van der Waals surface area contributed by atoms with Crippen LogP contribution in [0.25, 0.3) is 0 Å². The zero-order valence-corrected chi connectivity index (χ0v) is 9.85. The van der Waals surface area contributed by atoms with Crippen LogP contribution >= 0.6 is 11.8 Å². The summed E-state index contributed by atoms with van der Waals surface area (Å²) in [5.74, 6) is 0.768. The fourth-order valence-corrected chi connectivity index (χ4v) is 1.65. The molecule has 0 saturated carbocycles. The van der Waals surface area contributed by atoms with E-state index in [4.69, 9.17) is 0 Å². The molecule has 0 unspecified atom stereocenters. The first-order valence-electron chi connectivity index (χ1n) is 4.71. The number of nitrogens with zero attached hydrogens (tertiary/aromatic N) is 5. The summed E-state index contributed by atoms with van der Waals surface area (Å²) in [7, 11) is 0. The SMILES string of the molecule is CSc1nnc(C)n1/N=C\c1cccnc1. The number of hydrogen-bond acceptors (Lipinski definition) is 5. The summed E-state index contributed by atoms with van der Waals surface area (Å²) in [5, 5.41) is 13.0. The fraction of sp³-hybridized carbons (Fsp3) is 0.200. The molecule has 0 radical (unpaired) electrons. The van der Waals surface area contributed by atoms with Gasteiger partial charge in [0, 0.05) is 18.0 Å². The van der Waals surface area contributed by atoms with Crippen LogP contribution in [0.3, 0.4) is 0 Å². The molecule has 0 atom stereocenters. The van der Waals surface area contributed by atoms with Gasteiger partial charge in [0.25, 0.3) is 0 Å². The Morgan fingerprint density at radius 1 is 1.44 bits per heavy atom. The Kier molecular flexibility index (Phi) is 3.31. The van der Waals surface area contributed by atoms with Crippen LogP contribution in [-0.2, 0) is 0 Å². The van der Waals surface area contributed by atoms with Gasteiger partial charge in [-0.25, -0.2) is 0 Å². The normalized spacial score (nSPS) is 11.1. The average Bonchev–Trinajstić information content (AvgIpc) is 2.69. The van der Waals surface area contributed by atoms with E-state index in [1.165, 1.54) is 11.8 Å². The maximum Gasteiger partial charge on any atom is 0.211 e. The van der Waals surface area contributed by atoms with E-state index in [-0.39, 0.29) is 0 Å². The molecule has 2 aromatic rings. The summed E-state index contributed by atoms with van der Waals surface area (Å²) < 4.78 is 1.71. The molecule has 0 aliphatic carbocycles. The van der Waals surface area contributed by atoms with Crippen molar-refractivity contribution in [1.29, 1.82) is 0 Å². The highest BCUT2D eigenvalue weighted by molar-refractivity contribution is 7.98. The second-order valence-corrected chi connectivity index (χ2v) is 3.85. The Bertz CT molecular complexity index is 491. The lowest BCUT2D eigenvalue weighted by atomic mass is 10.3. The van der Waals surface area contributed by atoms with Gasteiger partial charge >= 0.3 is 0 Å².